The molecule has 4 aromatic rings. The van der Waals surface area contributed by atoms with Gasteiger partial charge in [0.25, 0.3) is 0 Å². The first-order valence-electron chi connectivity index (χ1n) is 12.0. The molecular weight excluding hydrogens is 474 g/mol. The highest BCUT2D eigenvalue weighted by Gasteiger charge is 2.26. The van der Waals surface area contributed by atoms with Gasteiger partial charge in [0.2, 0.25) is 11.9 Å². The lowest BCUT2D eigenvalue weighted by Crippen LogP contribution is -2.31. The normalized spacial score (nSPS) is 15.6. The topological polar surface area (TPSA) is 89.2 Å². The molecule has 0 radical (unpaired) electrons. The van der Waals surface area contributed by atoms with E-state index in [2.05, 4.69) is 63.6 Å². The third-order valence-electron chi connectivity index (χ3n) is 6.72. The van der Waals surface area contributed by atoms with Crippen molar-refractivity contribution in [3.05, 3.63) is 59.4 Å². The number of hydrogen-bond donors (Lipinski definition) is 3. The minimum absolute atomic E-state index is 0.114. The number of para-hydroxylation sites is 1. The zero-order chi connectivity index (χ0) is 25.4. The summed E-state index contributed by atoms with van der Waals surface area (Å²) in [7, 11) is 4.21. The lowest BCUT2D eigenvalue weighted by Gasteiger charge is -2.24. The number of likely N-dealkylation sites (N-methyl/N-ethyl adjacent to an activating group) is 1. The highest BCUT2D eigenvalue weighted by molar-refractivity contribution is 6.33. The zero-order valence-electron chi connectivity index (χ0n) is 20.9. The summed E-state index contributed by atoms with van der Waals surface area (Å²) in [6, 6.07) is 12.6. The Balaban J connectivity index is 1.45. The summed E-state index contributed by atoms with van der Waals surface area (Å²) in [6.45, 7) is 5.44. The fourth-order valence-corrected chi connectivity index (χ4v) is 5.00. The van der Waals surface area contributed by atoms with E-state index in [1.807, 2.05) is 30.5 Å². The summed E-state index contributed by atoms with van der Waals surface area (Å²) < 4.78 is 0. The molecular formula is C27H30ClN7O. The second-order valence-corrected chi connectivity index (χ2v) is 9.89. The van der Waals surface area contributed by atoms with Crippen LogP contribution in [-0.4, -0.2) is 59.0 Å². The molecule has 36 heavy (non-hydrogen) atoms. The van der Waals surface area contributed by atoms with Crippen LogP contribution in [0.2, 0.25) is 5.02 Å². The number of nitrogens with one attached hydrogen (secondary N) is 3. The number of aryl methyl sites for hydroxylation is 1. The summed E-state index contributed by atoms with van der Waals surface area (Å²) in [5.41, 5.74) is 6.32. The van der Waals surface area contributed by atoms with E-state index < -0.39 is 0 Å². The Morgan fingerprint density at radius 3 is 2.83 bits per heavy atom. The molecule has 1 unspecified atom stereocenters. The molecule has 0 spiro atoms. The number of aromatic nitrogens is 3. The monoisotopic (exact) mass is 503 g/mol. The third kappa shape index (κ3) is 4.74. The molecule has 186 valence electrons. The number of fused-ring (bicyclic) bond motifs is 1. The van der Waals surface area contributed by atoms with Crippen LogP contribution in [0.15, 0.2) is 48.8 Å². The first-order valence-corrected chi connectivity index (χ1v) is 12.4. The van der Waals surface area contributed by atoms with Gasteiger partial charge in [0, 0.05) is 54.4 Å². The van der Waals surface area contributed by atoms with Crippen molar-refractivity contribution in [3.8, 4) is 11.3 Å². The van der Waals surface area contributed by atoms with Crippen molar-refractivity contribution in [1.29, 1.82) is 0 Å². The number of carbonyl (C=O) groups is 1. The van der Waals surface area contributed by atoms with Crippen molar-refractivity contribution in [1.82, 2.24) is 19.9 Å². The van der Waals surface area contributed by atoms with E-state index in [0.717, 1.165) is 58.6 Å². The number of H-pyrrole nitrogens is 1. The fourth-order valence-electron chi connectivity index (χ4n) is 4.81. The number of rotatable bonds is 6. The SMILES string of the molecule is CC(=O)Nc1cc(Nc2ncc(Cl)c(-c3c[nH]c4c(C)cccc34)n2)ccc1N1CCC(N(C)C)C1. The van der Waals surface area contributed by atoms with Crippen LogP contribution in [0.25, 0.3) is 22.2 Å². The van der Waals surface area contributed by atoms with Gasteiger partial charge in [-0.1, -0.05) is 29.8 Å². The van der Waals surface area contributed by atoms with Gasteiger partial charge in [-0.25, -0.2) is 9.97 Å². The van der Waals surface area contributed by atoms with Crippen LogP contribution in [-0.2, 0) is 4.79 Å². The standard InChI is InChI=1S/C27H30ClN7O/c1-16-6-5-7-20-21(13-29-25(16)20)26-22(28)14-30-27(33-26)32-18-8-9-24(23(12-18)31-17(2)36)35-11-10-19(15-35)34(3)4/h5-9,12-14,19,29H,10-11,15H2,1-4H3,(H,31,36)(H,30,32,33). The minimum atomic E-state index is -0.114. The van der Waals surface area contributed by atoms with E-state index in [1.54, 1.807) is 6.20 Å². The van der Waals surface area contributed by atoms with Gasteiger partial charge in [0.1, 0.15) is 0 Å². The lowest BCUT2D eigenvalue weighted by molar-refractivity contribution is -0.114. The van der Waals surface area contributed by atoms with Crippen molar-refractivity contribution >= 4 is 51.4 Å². The summed E-state index contributed by atoms with van der Waals surface area (Å²) in [5.74, 6) is 0.309. The molecule has 0 bridgehead atoms. The first-order chi connectivity index (χ1) is 17.3. The predicted molar refractivity (Wildman–Crippen MR) is 147 cm³/mol. The largest absolute Gasteiger partial charge is 0.368 e. The maximum Gasteiger partial charge on any atom is 0.227 e. The van der Waals surface area contributed by atoms with Gasteiger partial charge < -0.3 is 25.4 Å². The molecule has 3 N–H and O–H groups in total. The van der Waals surface area contributed by atoms with Gasteiger partial charge >= 0.3 is 0 Å². The molecule has 1 amide bonds. The maximum absolute atomic E-state index is 12.0. The number of benzene rings is 2. The zero-order valence-corrected chi connectivity index (χ0v) is 21.6. The number of aromatic amines is 1. The van der Waals surface area contributed by atoms with E-state index in [4.69, 9.17) is 16.6 Å². The average Bonchev–Trinajstić information content (AvgIpc) is 3.49. The van der Waals surface area contributed by atoms with Crippen LogP contribution in [0.1, 0.15) is 18.9 Å². The Labute approximate surface area is 215 Å². The molecule has 2 aromatic carbocycles. The van der Waals surface area contributed by atoms with E-state index >= 15 is 0 Å². The molecule has 1 aliphatic heterocycles. The highest BCUT2D eigenvalue weighted by Crippen LogP contribution is 2.35. The Kier molecular flexibility index (Phi) is 6.55. The summed E-state index contributed by atoms with van der Waals surface area (Å²) >= 11 is 6.52. The van der Waals surface area contributed by atoms with Crippen LogP contribution >= 0.6 is 11.6 Å². The van der Waals surface area contributed by atoms with Gasteiger partial charge in [-0.15, -0.1) is 0 Å². The first kappa shape index (κ1) is 24.1. The van der Waals surface area contributed by atoms with Gasteiger partial charge in [0.05, 0.1) is 28.3 Å². The minimum Gasteiger partial charge on any atom is -0.368 e. The van der Waals surface area contributed by atoms with Gasteiger partial charge in [-0.2, -0.15) is 0 Å². The number of carbonyl (C=O) groups excluding carboxylic acids is 1. The van der Waals surface area contributed by atoms with Crippen molar-refractivity contribution in [2.45, 2.75) is 26.3 Å². The molecule has 8 nitrogen and oxygen atoms in total. The highest BCUT2D eigenvalue weighted by atomic mass is 35.5. The second-order valence-electron chi connectivity index (χ2n) is 9.48. The quantitative estimate of drug-likeness (QED) is 0.325. The molecule has 1 saturated heterocycles. The number of anilines is 4. The predicted octanol–water partition coefficient (Wildman–Crippen LogP) is 5.43. The van der Waals surface area contributed by atoms with Crippen LogP contribution in [0.5, 0.6) is 0 Å². The number of amides is 1. The molecule has 0 saturated carbocycles. The maximum atomic E-state index is 12.0. The summed E-state index contributed by atoms with van der Waals surface area (Å²) in [5, 5.41) is 7.80. The van der Waals surface area contributed by atoms with Gasteiger partial charge in [-0.3, -0.25) is 4.79 Å². The number of hydrogen-bond acceptors (Lipinski definition) is 6. The van der Waals surface area contributed by atoms with Crippen LogP contribution in [0.3, 0.4) is 0 Å². The molecule has 5 rings (SSSR count). The molecule has 1 fully saturated rings. The van der Waals surface area contributed by atoms with E-state index in [1.165, 1.54) is 6.92 Å². The number of halogens is 1. The van der Waals surface area contributed by atoms with Crippen LogP contribution < -0.4 is 15.5 Å². The van der Waals surface area contributed by atoms with Crippen molar-refractivity contribution < 1.29 is 4.79 Å². The van der Waals surface area contributed by atoms with Crippen molar-refractivity contribution in [2.75, 3.05) is 42.7 Å². The van der Waals surface area contributed by atoms with Crippen LogP contribution in [0, 0.1) is 6.92 Å². The molecule has 3 heterocycles. The number of nitrogens with zero attached hydrogens (tertiary/aromatic N) is 4. The average molecular weight is 504 g/mol. The molecule has 1 aliphatic rings. The van der Waals surface area contributed by atoms with Crippen LogP contribution in [0.4, 0.5) is 23.0 Å². The molecule has 9 heteroatoms. The van der Waals surface area contributed by atoms with E-state index in [0.29, 0.717) is 22.7 Å². The van der Waals surface area contributed by atoms with E-state index in [-0.39, 0.29) is 5.91 Å². The molecule has 1 atom stereocenters. The smallest absolute Gasteiger partial charge is 0.227 e. The Morgan fingerprint density at radius 1 is 1.25 bits per heavy atom. The fraction of sp³-hybridized carbons (Fsp3) is 0.296. The van der Waals surface area contributed by atoms with Gasteiger partial charge in [0.15, 0.2) is 0 Å². The van der Waals surface area contributed by atoms with Crippen molar-refractivity contribution in [3.63, 3.8) is 0 Å². The molecule has 0 aliphatic carbocycles. The Morgan fingerprint density at radius 2 is 2.08 bits per heavy atom. The van der Waals surface area contributed by atoms with Gasteiger partial charge in [-0.05, 0) is 51.2 Å². The summed E-state index contributed by atoms with van der Waals surface area (Å²) in [4.78, 5) is 29.0. The third-order valence-corrected chi connectivity index (χ3v) is 7.00. The van der Waals surface area contributed by atoms with Crippen molar-refractivity contribution in [2.24, 2.45) is 0 Å². The Hall–Kier alpha value is -3.62. The lowest BCUT2D eigenvalue weighted by atomic mass is 10.1. The Bertz CT molecular complexity index is 1430. The molecule has 2 aromatic heterocycles. The second kappa shape index (κ2) is 9.79. The van der Waals surface area contributed by atoms with E-state index in [9.17, 15) is 4.79 Å². The summed E-state index contributed by atoms with van der Waals surface area (Å²) in [6.07, 6.45) is 4.62.